The lowest BCUT2D eigenvalue weighted by Crippen LogP contribution is -2.30. The zero-order valence-corrected chi connectivity index (χ0v) is 9.37. The van der Waals surface area contributed by atoms with E-state index in [4.69, 9.17) is 0 Å². The molecule has 1 aromatic heterocycles. The molecule has 0 atom stereocenters. The van der Waals surface area contributed by atoms with Crippen LogP contribution >= 0.6 is 0 Å². The van der Waals surface area contributed by atoms with Crippen LogP contribution in [0.5, 0.6) is 0 Å². The first kappa shape index (κ1) is 9.40. The summed E-state index contributed by atoms with van der Waals surface area (Å²) in [4.78, 5) is 4.60. The van der Waals surface area contributed by atoms with E-state index in [2.05, 4.69) is 28.0 Å². The molecule has 0 radical (unpaired) electrons. The molecule has 1 aliphatic carbocycles. The van der Waals surface area contributed by atoms with E-state index in [1.165, 1.54) is 37.2 Å². The second kappa shape index (κ2) is 3.63. The van der Waals surface area contributed by atoms with Crippen LogP contribution in [-0.4, -0.2) is 22.6 Å². The first-order chi connectivity index (χ1) is 7.36. The predicted molar refractivity (Wildman–Crippen MR) is 60.1 cm³/mol. The van der Waals surface area contributed by atoms with Crippen molar-refractivity contribution in [2.45, 2.75) is 44.6 Å². The van der Waals surface area contributed by atoms with E-state index in [9.17, 15) is 0 Å². The third-order valence-electron chi connectivity index (χ3n) is 3.63. The molecular weight excluding hydrogens is 186 g/mol. The molecule has 2 heterocycles. The first-order valence-electron chi connectivity index (χ1n) is 6.10. The Kier molecular flexibility index (Phi) is 2.28. The normalized spacial score (nSPS) is 23.3. The topological polar surface area (TPSA) is 29.9 Å². The molecule has 1 saturated heterocycles. The van der Waals surface area contributed by atoms with Crippen molar-refractivity contribution in [3.05, 3.63) is 17.7 Å². The standard InChI is InChI=1S/C12H19N3/c1-9-8-14-12(10-2-3-10)15(9)11-4-6-13-7-5-11/h8,10-11,13H,2-7H2,1H3. The summed E-state index contributed by atoms with van der Waals surface area (Å²) in [5.41, 5.74) is 1.35. The lowest BCUT2D eigenvalue weighted by Gasteiger charge is -2.26. The van der Waals surface area contributed by atoms with Crippen molar-refractivity contribution in [2.24, 2.45) is 0 Å². The summed E-state index contributed by atoms with van der Waals surface area (Å²) in [5.74, 6) is 2.13. The maximum absolute atomic E-state index is 4.60. The minimum absolute atomic E-state index is 0.698. The van der Waals surface area contributed by atoms with Gasteiger partial charge in [0.2, 0.25) is 0 Å². The van der Waals surface area contributed by atoms with Gasteiger partial charge in [0, 0.05) is 23.9 Å². The Bertz CT molecular complexity index is 346. The summed E-state index contributed by atoms with van der Waals surface area (Å²) < 4.78 is 2.51. The van der Waals surface area contributed by atoms with Crippen molar-refractivity contribution < 1.29 is 0 Å². The summed E-state index contributed by atoms with van der Waals surface area (Å²) in [6.07, 6.45) is 7.27. The molecular formula is C12H19N3. The maximum Gasteiger partial charge on any atom is 0.112 e. The predicted octanol–water partition coefficient (Wildman–Crippen LogP) is 1.99. The molecule has 82 valence electrons. The Morgan fingerprint density at radius 1 is 1.27 bits per heavy atom. The zero-order chi connectivity index (χ0) is 10.3. The molecule has 3 nitrogen and oxygen atoms in total. The van der Waals surface area contributed by atoms with Gasteiger partial charge in [-0.15, -0.1) is 0 Å². The molecule has 0 spiro atoms. The van der Waals surface area contributed by atoms with Crippen LogP contribution in [0.2, 0.25) is 0 Å². The van der Waals surface area contributed by atoms with Gasteiger partial charge in [0.15, 0.2) is 0 Å². The van der Waals surface area contributed by atoms with Crippen LogP contribution < -0.4 is 5.32 Å². The lowest BCUT2D eigenvalue weighted by atomic mass is 10.1. The highest BCUT2D eigenvalue weighted by atomic mass is 15.1. The smallest absolute Gasteiger partial charge is 0.112 e. The van der Waals surface area contributed by atoms with Gasteiger partial charge in [-0.3, -0.25) is 0 Å². The van der Waals surface area contributed by atoms with Gasteiger partial charge >= 0.3 is 0 Å². The van der Waals surface area contributed by atoms with Gasteiger partial charge in [-0.2, -0.15) is 0 Å². The minimum atomic E-state index is 0.698. The van der Waals surface area contributed by atoms with Crippen molar-refractivity contribution >= 4 is 0 Å². The van der Waals surface area contributed by atoms with Crippen molar-refractivity contribution in [3.63, 3.8) is 0 Å². The number of nitrogens with one attached hydrogen (secondary N) is 1. The number of rotatable bonds is 2. The van der Waals surface area contributed by atoms with Crippen molar-refractivity contribution in [1.29, 1.82) is 0 Å². The van der Waals surface area contributed by atoms with Gasteiger partial charge in [-0.25, -0.2) is 4.98 Å². The summed E-state index contributed by atoms with van der Waals surface area (Å²) >= 11 is 0. The number of imidazole rings is 1. The number of hydrogen-bond donors (Lipinski definition) is 1. The Hall–Kier alpha value is -0.830. The van der Waals surface area contributed by atoms with Crippen LogP contribution in [0.1, 0.15) is 49.2 Å². The summed E-state index contributed by atoms with van der Waals surface area (Å²) in [7, 11) is 0. The zero-order valence-electron chi connectivity index (χ0n) is 9.37. The van der Waals surface area contributed by atoms with Gasteiger partial charge < -0.3 is 9.88 Å². The number of nitrogens with zero attached hydrogens (tertiary/aromatic N) is 2. The second-order valence-electron chi connectivity index (χ2n) is 4.88. The minimum Gasteiger partial charge on any atom is -0.329 e. The molecule has 2 fully saturated rings. The highest BCUT2D eigenvalue weighted by Gasteiger charge is 2.31. The number of hydrogen-bond acceptors (Lipinski definition) is 2. The molecule has 1 aromatic rings. The van der Waals surface area contributed by atoms with Gasteiger partial charge in [-0.05, 0) is 45.7 Å². The average molecular weight is 205 g/mol. The van der Waals surface area contributed by atoms with Crippen molar-refractivity contribution in [2.75, 3.05) is 13.1 Å². The second-order valence-corrected chi connectivity index (χ2v) is 4.88. The van der Waals surface area contributed by atoms with Gasteiger partial charge in [0.25, 0.3) is 0 Å². The van der Waals surface area contributed by atoms with Crippen molar-refractivity contribution in [3.8, 4) is 0 Å². The van der Waals surface area contributed by atoms with E-state index in [-0.39, 0.29) is 0 Å². The third-order valence-corrected chi connectivity index (χ3v) is 3.63. The molecule has 0 unspecified atom stereocenters. The average Bonchev–Trinajstić information content (AvgIpc) is 3.04. The van der Waals surface area contributed by atoms with Gasteiger partial charge in [-0.1, -0.05) is 0 Å². The SMILES string of the molecule is Cc1cnc(C2CC2)n1C1CCNCC1. The third kappa shape index (κ3) is 1.69. The Morgan fingerprint density at radius 2 is 2.00 bits per heavy atom. The Labute approximate surface area is 90.9 Å². The molecule has 3 rings (SSSR count). The fourth-order valence-corrected chi connectivity index (χ4v) is 2.65. The van der Waals surface area contributed by atoms with Crippen molar-refractivity contribution in [1.82, 2.24) is 14.9 Å². The summed E-state index contributed by atoms with van der Waals surface area (Å²) in [6.45, 7) is 4.51. The van der Waals surface area contributed by atoms with E-state index in [1.807, 2.05) is 0 Å². The number of piperidine rings is 1. The van der Waals surface area contributed by atoms with Gasteiger partial charge in [0.05, 0.1) is 0 Å². The number of aryl methyl sites for hydroxylation is 1. The molecule has 1 saturated carbocycles. The first-order valence-corrected chi connectivity index (χ1v) is 6.10. The van der Waals surface area contributed by atoms with Crippen LogP contribution in [0.25, 0.3) is 0 Å². The molecule has 1 aliphatic heterocycles. The van der Waals surface area contributed by atoms with E-state index in [0.29, 0.717) is 6.04 Å². The quantitative estimate of drug-likeness (QED) is 0.800. The van der Waals surface area contributed by atoms with Gasteiger partial charge in [0.1, 0.15) is 5.82 Å². The highest BCUT2D eigenvalue weighted by molar-refractivity contribution is 5.14. The largest absolute Gasteiger partial charge is 0.329 e. The Morgan fingerprint density at radius 3 is 2.67 bits per heavy atom. The number of aromatic nitrogens is 2. The molecule has 15 heavy (non-hydrogen) atoms. The fourth-order valence-electron chi connectivity index (χ4n) is 2.65. The highest BCUT2D eigenvalue weighted by Crippen LogP contribution is 2.41. The summed E-state index contributed by atoms with van der Waals surface area (Å²) in [5, 5.41) is 3.43. The molecule has 2 aliphatic rings. The molecule has 0 amide bonds. The fraction of sp³-hybridized carbons (Fsp3) is 0.750. The monoisotopic (exact) mass is 205 g/mol. The van der Waals surface area contributed by atoms with Crippen LogP contribution in [0.3, 0.4) is 0 Å². The molecule has 1 N–H and O–H groups in total. The Balaban J connectivity index is 1.90. The van der Waals surface area contributed by atoms with E-state index in [0.717, 1.165) is 19.0 Å². The molecule has 0 bridgehead atoms. The summed E-state index contributed by atoms with van der Waals surface area (Å²) in [6, 6.07) is 0.698. The lowest BCUT2D eigenvalue weighted by molar-refractivity contribution is 0.355. The van der Waals surface area contributed by atoms with E-state index >= 15 is 0 Å². The van der Waals surface area contributed by atoms with Crippen LogP contribution in [0.15, 0.2) is 6.20 Å². The van der Waals surface area contributed by atoms with E-state index in [1.54, 1.807) is 0 Å². The van der Waals surface area contributed by atoms with E-state index < -0.39 is 0 Å². The van der Waals surface area contributed by atoms with Crippen LogP contribution in [0, 0.1) is 6.92 Å². The molecule has 3 heteroatoms. The van der Waals surface area contributed by atoms with Crippen LogP contribution in [-0.2, 0) is 0 Å². The molecule has 0 aromatic carbocycles. The maximum atomic E-state index is 4.60. The van der Waals surface area contributed by atoms with Crippen LogP contribution in [0.4, 0.5) is 0 Å².